The van der Waals surface area contributed by atoms with E-state index in [9.17, 15) is 19.2 Å². The van der Waals surface area contributed by atoms with Crippen molar-refractivity contribution < 1.29 is 29.4 Å². The number of carbonyl (C=O) groups excluding carboxylic acids is 2. The van der Waals surface area contributed by atoms with Gasteiger partial charge in [-0.05, 0) is 69.7 Å². The number of carboxylic acid groups (broad SMARTS) is 2. The summed E-state index contributed by atoms with van der Waals surface area (Å²) in [6.07, 6.45) is 5.86. The largest absolute Gasteiger partial charge is 0.481 e. The molecule has 0 aromatic rings. The van der Waals surface area contributed by atoms with E-state index < -0.39 is 18.0 Å². The number of rotatable bonds is 7. The highest BCUT2D eigenvalue weighted by Gasteiger charge is 2.40. The normalized spacial score (nSPS) is 33.9. The van der Waals surface area contributed by atoms with Crippen LogP contribution in [0.25, 0.3) is 0 Å². The van der Waals surface area contributed by atoms with Crippen molar-refractivity contribution in [3.63, 3.8) is 0 Å². The highest BCUT2D eigenvalue weighted by molar-refractivity contribution is 6.05. The van der Waals surface area contributed by atoms with Gasteiger partial charge in [0.25, 0.3) is 0 Å². The van der Waals surface area contributed by atoms with Crippen LogP contribution in [0.5, 0.6) is 0 Å². The molecule has 28 heavy (non-hydrogen) atoms. The zero-order chi connectivity index (χ0) is 20.3. The molecular weight excluding hydrogens is 364 g/mol. The van der Waals surface area contributed by atoms with E-state index in [-0.39, 0.29) is 36.0 Å². The van der Waals surface area contributed by atoms with Crippen molar-refractivity contribution in [3.8, 4) is 0 Å². The Labute approximate surface area is 164 Å². The van der Waals surface area contributed by atoms with E-state index in [1.54, 1.807) is 0 Å². The van der Waals surface area contributed by atoms with Gasteiger partial charge < -0.3 is 15.5 Å². The average Bonchev–Trinajstić information content (AvgIpc) is 2.94. The van der Waals surface area contributed by atoms with Crippen molar-refractivity contribution in [1.29, 1.82) is 0 Å². The van der Waals surface area contributed by atoms with Crippen LogP contribution < -0.4 is 5.32 Å². The zero-order valence-electron chi connectivity index (χ0n) is 16.1. The molecule has 2 aliphatic carbocycles. The molecule has 0 aromatic carbocycles. The summed E-state index contributed by atoms with van der Waals surface area (Å²) in [5.74, 6) is -1.83. The molecule has 156 valence electrons. The lowest BCUT2D eigenvalue weighted by molar-refractivity contribution is -0.144. The lowest BCUT2D eigenvalue weighted by Gasteiger charge is -2.29. The fraction of sp³-hybridized carbons (Fsp3) is 0.800. The van der Waals surface area contributed by atoms with Crippen LogP contribution in [-0.4, -0.2) is 58.0 Å². The Kier molecular flexibility index (Phi) is 6.69. The van der Waals surface area contributed by atoms with Crippen LogP contribution in [0.3, 0.4) is 0 Å². The van der Waals surface area contributed by atoms with Crippen molar-refractivity contribution in [2.45, 2.75) is 63.8 Å². The monoisotopic (exact) mass is 394 g/mol. The van der Waals surface area contributed by atoms with Gasteiger partial charge in [-0.3, -0.25) is 24.1 Å². The van der Waals surface area contributed by atoms with E-state index in [0.717, 1.165) is 25.7 Å². The third kappa shape index (κ3) is 4.90. The standard InChI is InChI=1S/C20H30N2O6/c23-17-9-16(21-10-12-1-5-14(6-2-12)19(25)26)18(24)22(17)11-13-3-7-15(8-4-13)20(27)28/h12-16,21H,1-11H2,(H,25,26)(H,27,28). The summed E-state index contributed by atoms with van der Waals surface area (Å²) >= 11 is 0. The number of imide groups is 1. The first-order chi connectivity index (χ1) is 13.3. The minimum atomic E-state index is -0.756. The maximum Gasteiger partial charge on any atom is 0.306 e. The molecule has 2 amide bonds. The molecule has 3 N–H and O–H groups in total. The molecule has 8 heteroatoms. The third-order valence-electron chi connectivity index (χ3n) is 6.73. The Balaban J connectivity index is 1.42. The maximum absolute atomic E-state index is 12.6. The first-order valence-corrected chi connectivity index (χ1v) is 10.4. The van der Waals surface area contributed by atoms with Crippen molar-refractivity contribution in [2.24, 2.45) is 23.7 Å². The Morgan fingerprint density at radius 1 is 0.857 bits per heavy atom. The molecular formula is C20H30N2O6. The van der Waals surface area contributed by atoms with Gasteiger partial charge in [0.2, 0.25) is 11.8 Å². The van der Waals surface area contributed by atoms with Gasteiger partial charge in [-0.15, -0.1) is 0 Å². The van der Waals surface area contributed by atoms with Crippen molar-refractivity contribution >= 4 is 23.8 Å². The highest BCUT2D eigenvalue weighted by Crippen LogP contribution is 2.31. The summed E-state index contributed by atoms with van der Waals surface area (Å²) in [5, 5.41) is 21.4. The van der Waals surface area contributed by atoms with Gasteiger partial charge in [0.05, 0.1) is 24.3 Å². The molecule has 0 spiro atoms. The van der Waals surface area contributed by atoms with E-state index in [1.807, 2.05) is 0 Å². The lowest BCUT2D eigenvalue weighted by atomic mass is 9.82. The van der Waals surface area contributed by atoms with Gasteiger partial charge in [0.1, 0.15) is 0 Å². The predicted octanol–water partition coefficient (Wildman–Crippen LogP) is 1.49. The second kappa shape index (κ2) is 9.03. The van der Waals surface area contributed by atoms with Gasteiger partial charge in [-0.1, -0.05) is 0 Å². The average molecular weight is 394 g/mol. The summed E-state index contributed by atoms with van der Waals surface area (Å²) in [7, 11) is 0. The molecule has 3 aliphatic rings. The van der Waals surface area contributed by atoms with E-state index in [1.165, 1.54) is 4.90 Å². The van der Waals surface area contributed by atoms with E-state index >= 15 is 0 Å². The number of likely N-dealkylation sites (tertiary alicyclic amines) is 1. The Morgan fingerprint density at radius 3 is 1.86 bits per heavy atom. The topological polar surface area (TPSA) is 124 Å². The van der Waals surface area contributed by atoms with Crippen LogP contribution in [0, 0.1) is 23.7 Å². The SMILES string of the molecule is O=C(O)C1CCC(CNC2CC(=O)N(CC3CCC(C(=O)O)CC3)C2=O)CC1. The van der Waals surface area contributed by atoms with Crippen molar-refractivity contribution in [2.75, 3.05) is 13.1 Å². The third-order valence-corrected chi connectivity index (χ3v) is 6.73. The van der Waals surface area contributed by atoms with Gasteiger partial charge in [0, 0.05) is 6.54 Å². The van der Waals surface area contributed by atoms with Crippen molar-refractivity contribution in [3.05, 3.63) is 0 Å². The smallest absolute Gasteiger partial charge is 0.306 e. The second-order valence-corrected chi connectivity index (χ2v) is 8.62. The van der Waals surface area contributed by atoms with Crippen LogP contribution in [0.2, 0.25) is 0 Å². The number of aliphatic carboxylic acids is 2. The number of hydrogen-bond acceptors (Lipinski definition) is 5. The fourth-order valence-electron chi connectivity index (χ4n) is 4.81. The molecule has 1 heterocycles. The van der Waals surface area contributed by atoms with E-state index in [0.29, 0.717) is 44.7 Å². The molecule has 0 radical (unpaired) electrons. The second-order valence-electron chi connectivity index (χ2n) is 8.62. The summed E-state index contributed by atoms with van der Waals surface area (Å²) in [4.78, 5) is 48.4. The quantitative estimate of drug-likeness (QED) is 0.559. The van der Waals surface area contributed by atoms with Gasteiger partial charge in [-0.25, -0.2) is 0 Å². The first kappa shape index (κ1) is 20.8. The zero-order valence-corrected chi connectivity index (χ0v) is 16.1. The molecule has 1 saturated heterocycles. The highest BCUT2D eigenvalue weighted by atomic mass is 16.4. The fourth-order valence-corrected chi connectivity index (χ4v) is 4.81. The molecule has 3 rings (SSSR count). The molecule has 2 saturated carbocycles. The van der Waals surface area contributed by atoms with Crippen LogP contribution in [-0.2, 0) is 19.2 Å². The van der Waals surface area contributed by atoms with Crippen LogP contribution in [0.4, 0.5) is 0 Å². The minimum absolute atomic E-state index is 0.155. The van der Waals surface area contributed by atoms with Gasteiger partial charge in [0.15, 0.2) is 0 Å². The van der Waals surface area contributed by atoms with E-state index in [2.05, 4.69) is 5.32 Å². The van der Waals surface area contributed by atoms with Gasteiger partial charge >= 0.3 is 11.9 Å². The first-order valence-electron chi connectivity index (χ1n) is 10.4. The molecule has 8 nitrogen and oxygen atoms in total. The Morgan fingerprint density at radius 2 is 1.36 bits per heavy atom. The number of nitrogens with one attached hydrogen (secondary N) is 1. The van der Waals surface area contributed by atoms with E-state index in [4.69, 9.17) is 10.2 Å². The van der Waals surface area contributed by atoms with Crippen LogP contribution in [0.1, 0.15) is 57.8 Å². The molecule has 1 aliphatic heterocycles. The molecule has 1 unspecified atom stereocenters. The lowest BCUT2D eigenvalue weighted by Crippen LogP contribution is -2.43. The predicted molar refractivity (Wildman–Crippen MR) is 99.3 cm³/mol. The summed E-state index contributed by atoms with van der Waals surface area (Å²) < 4.78 is 0. The molecule has 1 atom stereocenters. The number of hydrogen-bond donors (Lipinski definition) is 3. The number of nitrogens with zero attached hydrogens (tertiary/aromatic N) is 1. The summed E-state index contributed by atoms with van der Waals surface area (Å²) in [5.41, 5.74) is 0. The minimum Gasteiger partial charge on any atom is -0.481 e. The number of carbonyl (C=O) groups is 4. The number of carboxylic acids is 2. The molecule has 0 bridgehead atoms. The molecule has 0 aromatic heterocycles. The maximum atomic E-state index is 12.6. The summed E-state index contributed by atoms with van der Waals surface area (Å²) in [6.45, 7) is 1.03. The number of amides is 2. The van der Waals surface area contributed by atoms with Gasteiger partial charge in [-0.2, -0.15) is 0 Å². The van der Waals surface area contributed by atoms with Crippen LogP contribution >= 0.6 is 0 Å². The Hall–Kier alpha value is -1.96. The Bertz CT molecular complexity index is 620. The molecule has 3 fully saturated rings. The summed E-state index contributed by atoms with van der Waals surface area (Å²) in [6, 6.07) is -0.486. The van der Waals surface area contributed by atoms with Crippen molar-refractivity contribution in [1.82, 2.24) is 10.2 Å². The van der Waals surface area contributed by atoms with Crippen LogP contribution in [0.15, 0.2) is 0 Å².